The molecule has 2 N–H and O–H groups in total. The van der Waals surface area contributed by atoms with Gasteiger partial charge in [0.25, 0.3) is 0 Å². The molecule has 1 saturated heterocycles. The van der Waals surface area contributed by atoms with Crippen molar-refractivity contribution in [1.29, 1.82) is 0 Å². The topological polar surface area (TPSA) is 75.7 Å². The Hall–Kier alpha value is -2.57. The van der Waals surface area contributed by atoms with Gasteiger partial charge in [0, 0.05) is 56.2 Å². The van der Waals surface area contributed by atoms with E-state index in [0.29, 0.717) is 6.61 Å². The lowest BCUT2D eigenvalue weighted by Crippen LogP contribution is -2.46. The zero-order valence-corrected chi connectivity index (χ0v) is 13.9. The van der Waals surface area contributed by atoms with Gasteiger partial charge in [-0.15, -0.1) is 0 Å². The fraction of sp³-hybridized carbons (Fsp3) is 0.316. The third-order valence-corrected chi connectivity index (χ3v) is 4.70. The summed E-state index contributed by atoms with van der Waals surface area (Å²) in [5.74, 6) is 1.41. The Morgan fingerprint density at radius 2 is 1.96 bits per heavy atom. The largest absolute Gasteiger partial charge is 0.371 e. The maximum absolute atomic E-state index is 6.28. The highest BCUT2D eigenvalue weighted by Gasteiger charge is 2.37. The van der Waals surface area contributed by atoms with E-state index < -0.39 is 0 Å². The lowest BCUT2D eigenvalue weighted by atomic mass is 9.79. The summed E-state index contributed by atoms with van der Waals surface area (Å²) >= 11 is 0. The second-order valence-electron chi connectivity index (χ2n) is 6.26. The Kier molecular flexibility index (Phi) is 4.81. The maximum Gasteiger partial charge on any atom is 0.112 e. The minimum Gasteiger partial charge on any atom is -0.371 e. The quantitative estimate of drug-likeness (QED) is 0.748. The van der Waals surface area contributed by atoms with E-state index in [1.54, 1.807) is 12.4 Å². The molecule has 4 rings (SSSR count). The molecule has 0 spiro atoms. The van der Waals surface area contributed by atoms with Crippen molar-refractivity contribution in [3.63, 3.8) is 0 Å². The smallest absolute Gasteiger partial charge is 0.112 e. The molecule has 1 aliphatic heterocycles. The summed E-state index contributed by atoms with van der Waals surface area (Å²) in [6.45, 7) is 2.23. The molecule has 0 saturated carbocycles. The molecular weight excluding hydrogens is 314 g/mol. The average molecular weight is 335 g/mol. The normalized spacial score (nSPS) is 23.4. The molecule has 1 aliphatic rings. The number of hydrogen-bond acceptors (Lipinski definition) is 5. The van der Waals surface area contributed by atoms with Crippen LogP contribution in [0.4, 0.5) is 0 Å². The fourth-order valence-corrected chi connectivity index (χ4v) is 3.51. The molecule has 6 heteroatoms. The number of pyridine rings is 2. The SMILES string of the molecule is c1cncc(COC2CNCC(c3ccncc3)C2c2ncc[nH]2)c1. The molecule has 128 valence electrons. The molecule has 3 atom stereocenters. The third-order valence-electron chi connectivity index (χ3n) is 4.70. The Labute approximate surface area is 146 Å². The third kappa shape index (κ3) is 3.60. The van der Waals surface area contributed by atoms with E-state index in [9.17, 15) is 0 Å². The predicted molar refractivity (Wildman–Crippen MR) is 94.0 cm³/mol. The number of H-pyrrole nitrogens is 1. The van der Waals surface area contributed by atoms with Crippen LogP contribution in [0.15, 0.2) is 61.4 Å². The van der Waals surface area contributed by atoms with Crippen LogP contribution in [0.3, 0.4) is 0 Å². The van der Waals surface area contributed by atoms with Crippen molar-refractivity contribution in [2.45, 2.75) is 24.5 Å². The van der Waals surface area contributed by atoms with E-state index in [1.165, 1.54) is 5.56 Å². The second-order valence-corrected chi connectivity index (χ2v) is 6.26. The van der Waals surface area contributed by atoms with E-state index in [2.05, 4.69) is 37.4 Å². The molecule has 0 amide bonds. The van der Waals surface area contributed by atoms with Crippen LogP contribution in [-0.2, 0) is 11.3 Å². The van der Waals surface area contributed by atoms with Gasteiger partial charge in [-0.05, 0) is 29.3 Å². The van der Waals surface area contributed by atoms with Crippen LogP contribution in [0.25, 0.3) is 0 Å². The number of aromatic nitrogens is 4. The van der Waals surface area contributed by atoms with Gasteiger partial charge in [-0.1, -0.05) is 6.07 Å². The van der Waals surface area contributed by atoms with Gasteiger partial charge >= 0.3 is 0 Å². The standard InChI is InChI=1S/C19H21N5O/c1-2-14(10-21-5-1)13-25-17-12-22-11-16(15-3-6-20-7-4-15)18(17)19-23-8-9-24-19/h1-10,16-18,22H,11-13H2,(H,23,24). The summed E-state index contributed by atoms with van der Waals surface area (Å²) in [5, 5.41) is 3.51. The number of aromatic amines is 1. The number of hydrogen-bond donors (Lipinski definition) is 2. The zero-order valence-electron chi connectivity index (χ0n) is 13.9. The first-order valence-corrected chi connectivity index (χ1v) is 8.52. The van der Waals surface area contributed by atoms with Crippen LogP contribution in [-0.4, -0.2) is 39.1 Å². The molecule has 4 heterocycles. The van der Waals surface area contributed by atoms with Gasteiger partial charge in [0.2, 0.25) is 0 Å². The van der Waals surface area contributed by atoms with Crippen molar-refractivity contribution in [3.05, 3.63) is 78.4 Å². The molecule has 0 aliphatic carbocycles. The Morgan fingerprint density at radius 1 is 1.04 bits per heavy atom. The summed E-state index contributed by atoms with van der Waals surface area (Å²) in [7, 11) is 0. The summed E-state index contributed by atoms with van der Waals surface area (Å²) in [6, 6.07) is 8.12. The van der Waals surface area contributed by atoms with Crippen LogP contribution in [0.2, 0.25) is 0 Å². The van der Waals surface area contributed by atoms with Gasteiger partial charge in [0.1, 0.15) is 5.82 Å². The van der Waals surface area contributed by atoms with Crippen molar-refractivity contribution in [2.75, 3.05) is 13.1 Å². The molecule has 0 bridgehead atoms. The highest BCUT2D eigenvalue weighted by molar-refractivity contribution is 5.24. The highest BCUT2D eigenvalue weighted by atomic mass is 16.5. The van der Waals surface area contributed by atoms with E-state index in [0.717, 1.165) is 24.5 Å². The van der Waals surface area contributed by atoms with E-state index >= 15 is 0 Å². The number of nitrogens with one attached hydrogen (secondary N) is 2. The number of rotatable bonds is 5. The molecule has 25 heavy (non-hydrogen) atoms. The number of ether oxygens (including phenoxy) is 1. The minimum atomic E-state index is 0.0262. The van der Waals surface area contributed by atoms with Gasteiger partial charge in [0.15, 0.2) is 0 Å². The van der Waals surface area contributed by atoms with Crippen molar-refractivity contribution in [3.8, 4) is 0 Å². The van der Waals surface area contributed by atoms with Crippen LogP contribution < -0.4 is 5.32 Å². The van der Waals surface area contributed by atoms with Crippen LogP contribution in [0, 0.1) is 0 Å². The minimum absolute atomic E-state index is 0.0262. The molecule has 0 radical (unpaired) electrons. The van der Waals surface area contributed by atoms with E-state index in [4.69, 9.17) is 4.74 Å². The van der Waals surface area contributed by atoms with Gasteiger partial charge in [-0.25, -0.2) is 4.98 Å². The average Bonchev–Trinajstić information content (AvgIpc) is 3.22. The van der Waals surface area contributed by atoms with Crippen LogP contribution in [0.5, 0.6) is 0 Å². The summed E-state index contributed by atoms with van der Waals surface area (Å²) in [6.07, 6.45) is 11.0. The monoisotopic (exact) mass is 335 g/mol. The fourth-order valence-electron chi connectivity index (χ4n) is 3.51. The van der Waals surface area contributed by atoms with Gasteiger partial charge in [-0.3, -0.25) is 9.97 Å². The van der Waals surface area contributed by atoms with E-state index in [1.807, 2.05) is 36.9 Å². The first-order chi connectivity index (χ1) is 12.4. The molecule has 3 unspecified atom stereocenters. The van der Waals surface area contributed by atoms with Crippen molar-refractivity contribution in [1.82, 2.24) is 25.3 Å². The Morgan fingerprint density at radius 3 is 2.72 bits per heavy atom. The van der Waals surface area contributed by atoms with Gasteiger partial charge in [0.05, 0.1) is 18.6 Å². The van der Waals surface area contributed by atoms with Crippen LogP contribution >= 0.6 is 0 Å². The molecule has 6 nitrogen and oxygen atoms in total. The maximum atomic E-state index is 6.28. The summed E-state index contributed by atoms with van der Waals surface area (Å²) in [5.41, 5.74) is 2.32. The van der Waals surface area contributed by atoms with Crippen molar-refractivity contribution in [2.24, 2.45) is 0 Å². The Balaban J connectivity index is 1.58. The number of imidazole rings is 1. The number of piperidine rings is 1. The second kappa shape index (κ2) is 7.55. The first-order valence-electron chi connectivity index (χ1n) is 8.52. The summed E-state index contributed by atoms with van der Waals surface area (Å²) in [4.78, 5) is 16.1. The molecule has 3 aromatic rings. The van der Waals surface area contributed by atoms with Gasteiger partial charge < -0.3 is 15.0 Å². The highest BCUT2D eigenvalue weighted by Crippen LogP contribution is 2.37. The molecule has 1 fully saturated rings. The van der Waals surface area contributed by atoms with Crippen molar-refractivity contribution >= 4 is 0 Å². The van der Waals surface area contributed by atoms with E-state index in [-0.39, 0.29) is 17.9 Å². The summed E-state index contributed by atoms with van der Waals surface area (Å²) < 4.78 is 6.28. The lowest BCUT2D eigenvalue weighted by Gasteiger charge is -2.37. The molecule has 0 aromatic carbocycles. The first kappa shape index (κ1) is 15.9. The van der Waals surface area contributed by atoms with Gasteiger partial charge in [-0.2, -0.15) is 0 Å². The van der Waals surface area contributed by atoms with Crippen molar-refractivity contribution < 1.29 is 4.74 Å². The lowest BCUT2D eigenvalue weighted by molar-refractivity contribution is 0.00241. The molecular formula is C19H21N5O. The van der Waals surface area contributed by atoms with Crippen LogP contribution in [0.1, 0.15) is 28.8 Å². The Bertz CT molecular complexity index is 763. The molecule has 3 aromatic heterocycles. The zero-order chi connectivity index (χ0) is 16.9. The predicted octanol–water partition coefficient (Wildman–Crippen LogP) is 2.26. The number of nitrogens with zero attached hydrogens (tertiary/aromatic N) is 3.